The number of carbonyl (C=O) groups is 4. The minimum Gasteiger partial charge on any atom is -0.464 e. The summed E-state index contributed by atoms with van der Waals surface area (Å²) >= 11 is 0. The molecule has 9 heteroatoms. The third kappa shape index (κ3) is 6.89. The Morgan fingerprint density at radius 3 is 2.23 bits per heavy atom. The predicted molar refractivity (Wildman–Crippen MR) is 90.4 cm³/mol. The Hall–Kier alpha value is -2.94. The Balaban J connectivity index is 3.09. The van der Waals surface area contributed by atoms with Crippen molar-refractivity contribution in [3.8, 4) is 11.5 Å². The first kappa shape index (κ1) is 21.1. The van der Waals surface area contributed by atoms with Crippen LogP contribution < -0.4 is 20.5 Å². The van der Waals surface area contributed by atoms with Crippen molar-refractivity contribution >= 4 is 23.8 Å². The maximum absolute atomic E-state index is 12.0. The summed E-state index contributed by atoms with van der Waals surface area (Å²) in [5.74, 6) is -2.22. The largest absolute Gasteiger partial charge is 0.464 e. The molecule has 9 nitrogen and oxygen atoms in total. The molecule has 0 heterocycles. The number of rotatable bonds is 8. The summed E-state index contributed by atoms with van der Waals surface area (Å²) in [4.78, 5) is 46.0. The molecule has 0 unspecified atom stereocenters. The zero-order valence-electron chi connectivity index (χ0n) is 14.9. The minimum atomic E-state index is -0.962. The van der Waals surface area contributed by atoms with E-state index in [1.807, 2.05) is 0 Å². The number of carbonyl (C=O) groups excluding carboxylic acids is 4. The Morgan fingerprint density at radius 2 is 1.69 bits per heavy atom. The van der Waals surface area contributed by atoms with Crippen molar-refractivity contribution in [2.24, 2.45) is 5.73 Å². The van der Waals surface area contributed by atoms with Crippen molar-refractivity contribution in [2.45, 2.75) is 33.2 Å². The van der Waals surface area contributed by atoms with Crippen LogP contribution in [0.15, 0.2) is 18.2 Å². The summed E-state index contributed by atoms with van der Waals surface area (Å²) in [6.45, 7) is 3.93. The van der Waals surface area contributed by atoms with Crippen molar-refractivity contribution in [3.63, 3.8) is 0 Å². The van der Waals surface area contributed by atoms with E-state index < -0.39 is 29.9 Å². The molecule has 0 fully saturated rings. The molecule has 1 aromatic carbocycles. The van der Waals surface area contributed by atoms with Crippen LogP contribution in [0.2, 0.25) is 0 Å². The fourth-order valence-electron chi connectivity index (χ4n) is 2.08. The second kappa shape index (κ2) is 10.1. The van der Waals surface area contributed by atoms with Crippen molar-refractivity contribution < 1.29 is 33.4 Å². The van der Waals surface area contributed by atoms with E-state index in [4.69, 9.17) is 19.9 Å². The van der Waals surface area contributed by atoms with Gasteiger partial charge in [0.2, 0.25) is 5.91 Å². The number of benzene rings is 1. The molecule has 1 atom stereocenters. The fourth-order valence-corrected chi connectivity index (χ4v) is 2.08. The highest BCUT2D eigenvalue weighted by Gasteiger charge is 2.23. The molecule has 0 saturated heterocycles. The smallest absolute Gasteiger partial charge is 0.328 e. The summed E-state index contributed by atoms with van der Waals surface area (Å²) in [5.41, 5.74) is 5.81. The number of nitrogens with one attached hydrogen (secondary N) is 1. The van der Waals surface area contributed by atoms with Crippen LogP contribution in [-0.4, -0.2) is 43.0 Å². The Bertz CT molecular complexity index is 688. The molecule has 142 valence electrons. The van der Waals surface area contributed by atoms with Crippen molar-refractivity contribution in [1.29, 1.82) is 0 Å². The number of esters is 3. The van der Waals surface area contributed by atoms with Gasteiger partial charge in [-0.15, -0.1) is 0 Å². The highest BCUT2D eigenvalue weighted by atomic mass is 16.6. The molecule has 0 aliphatic rings. The lowest BCUT2D eigenvalue weighted by molar-refractivity contribution is -0.147. The maximum Gasteiger partial charge on any atom is 0.328 e. The third-order valence-corrected chi connectivity index (χ3v) is 3.05. The van der Waals surface area contributed by atoms with Gasteiger partial charge in [0.25, 0.3) is 0 Å². The van der Waals surface area contributed by atoms with Crippen molar-refractivity contribution in [1.82, 2.24) is 5.32 Å². The Kier molecular flexibility index (Phi) is 8.23. The van der Waals surface area contributed by atoms with E-state index in [1.165, 1.54) is 26.0 Å². The highest BCUT2D eigenvalue weighted by molar-refractivity contribution is 5.85. The van der Waals surface area contributed by atoms with E-state index in [0.717, 1.165) is 0 Å². The molecular formula is C17H22N2O7. The molecule has 3 N–H and O–H groups in total. The molecule has 0 aliphatic heterocycles. The molecular weight excluding hydrogens is 344 g/mol. The first-order valence-electron chi connectivity index (χ1n) is 7.92. The first-order valence-corrected chi connectivity index (χ1v) is 7.92. The van der Waals surface area contributed by atoms with Crippen LogP contribution in [0.5, 0.6) is 11.5 Å². The van der Waals surface area contributed by atoms with Crippen LogP contribution in [0.4, 0.5) is 0 Å². The second-order valence-corrected chi connectivity index (χ2v) is 5.25. The number of hydrogen-bond acceptors (Lipinski definition) is 8. The summed E-state index contributed by atoms with van der Waals surface area (Å²) in [5, 5.41) is 2.48. The fraction of sp³-hybridized carbons (Fsp3) is 0.412. The summed E-state index contributed by atoms with van der Waals surface area (Å²) in [7, 11) is 0. The number of nitrogens with two attached hydrogens (primary N) is 1. The Morgan fingerprint density at radius 1 is 1.08 bits per heavy atom. The van der Waals surface area contributed by atoms with E-state index in [-0.39, 0.29) is 31.1 Å². The molecule has 26 heavy (non-hydrogen) atoms. The third-order valence-electron chi connectivity index (χ3n) is 3.05. The van der Waals surface area contributed by atoms with E-state index >= 15 is 0 Å². The quantitative estimate of drug-likeness (QED) is 0.488. The molecule has 0 spiro atoms. The standard InChI is InChI=1S/C17H22N2O7/c1-4-24-17(23)13(19-16(22)9-18)7-12-5-6-14(25-10(2)20)15(8-12)26-11(3)21/h5-6,8,13H,4,7,9,18H2,1-3H3,(H,19,22)/t13-/m0/s1. The van der Waals surface area contributed by atoms with Gasteiger partial charge in [-0.1, -0.05) is 6.07 Å². The van der Waals surface area contributed by atoms with Crippen LogP contribution >= 0.6 is 0 Å². The van der Waals surface area contributed by atoms with Crippen molar-refractivity contribution in [2.75, 3.05) is 13.2 Å². The molecule has 0 bridgehead atoms. The lowest BCUT2D eigenvalue weighted by Crippen LogP contribution is -2.45. The summed E-state index contributed by atoms with van der Waals surface area (Å²) in [6.07, 6.45) is 0.0686. The van der Waals surface area contributed by atoms with Crippen LogP contribution in [-0.2, 0) is 30.3 Å². The van der Waals surface area contributed by atoms with Gasteiger partial charge in [-0.3, -0.25) is 14.4 Å². The topological polar surface area (TPSA) is 134 Å². The van der Waals surface area contributed by atoms with Gasteiger partial charge in [0.15, 0.2) is 11.5 Å². The molecule has 0 radical (unpaired) electrons. The SMILES string of the molecule is CCOC(=O)[C@H](Cc1ccc(OC(C)=O)c(OC(C)=O)c1)NC(=O)CN. The number of ether oxygens (including phenoxy) is 3. The monoisotopic (exact) mass is 366 g/mol. The van der Waals surface area contributed by atoms with E-state index in [0.29, 0.717) is 5.56 Å². The zero-order valence-corrected chi connectivity index (χ0v) is 14.9. The van der Waals surface area contributed by atoms with Crippen molar-refractivity contribution in [3.05, 3.63) is 23.8 Å². The Labute approximate surface area is 150 Å². The van der Waals surface area contributed by atoms with Gasteiger partial charge in [-0.25, -0.2) is 4.79 Å². The zero-order chi connectivity index (χ0) is 19.7. The summed E-state index contributed by atoms with van der Waals surface area (Å²) in [6, 6.07) is 3.49. The predicted octanol–water partition coefficient (Wildman–Crippen LogP) is 0.0863. The van der Waals surface area contributed by atoms with Gasteiger partial charge in [0, 0.05) is 20.3 Å². The molecule has 1 rings (SSSR count). The number of amides is 1. The lowest BCUT2D eigenvalue weighted by atomic mass is 10.0. The molecule has 0 aliphatic carbocycles. The van der Waals surface area contributed by atoms with Crippen LogP contribution in [0.3, 0.4) is 0 Å². The van der Waals surface area contributed by atoms with E-state index in [1.54, 1.807) is 13.0 Å². The lowest BCUT2D eigenvalue weighted by Gasteiger charge is -2.18. The average molecular weight is 366 g/mol. The van der Waals surface area contributed by atoms with Crippen LogP contribution in [0.25, 0.3) is 0 Å². The van der Waals surface area contributed by atoms with Gasteiger partial charge < -0.3 is 25.3 Å². The highest BCUT2D eigenvalue weighted by Crippen LogP contribution is 2.29. The van der Waals surface area contributed by atoms with Gasteiger partial charge in [0.1, 0.15) is 6.04 Å². The van der Waals surface area contributed by atoms with Crippen LogP contribution in [0, 0.1) is 0 Å². The molecule has 0 saturated carbocycles. The van der Waals surface area contributed by atoms with Gasteiger partial charge in [0.05, 0.1) is 13.2 Å². The van der Waals surface area contributed by atoms with E-state index in [9.17, 15) is 19.2 Å². The first-order chi connectivity index (χ1) is 12.3. The molecule has 1 amide bonds. The molecule has 0 aromatic heterocycles. The van der Waals surface area contributed by atoms with Gasteiger partial charge in [-0.05, 0) is 24.6 Å². The van der Waals surface area contributed by atoms with Crippen LogP contribution in [0.1, 0.15) is 26.3 Å². The van der Waals surface area contributed by atoms with Gasteiger partial charge in [-0.2, -0.15) is 0 Å². The second-order valence-electron chi connectivity index (χ2n) is 5.25. The maximum atomic E-state index is 12.0. The normalized spacial score (nSPS) is 11.2. The van der Waals surface area contributed by atoms with E-state index in [2.05, 4.69) is 5.32 Å². The number of hydrogen-bond donors (Lipinski definition) is 2. The minimum absolute atomic E-state index is 0.0259. The molecule has 1 aromatic rings. The average Bonchev–Trinajstić information content (AvgIpc) is 2.55. The van der Waals surface area contributed by atoms with Gasteiger partial charge >= 0.3 is 17.9 Å². The summed E-state index contributed by atoms with van der Waals surface area (Å²) < 4.78 is 15.0.